The maximum atomic E-state index is 11.7. The fourth-order valence-electron chi connectivity index (χ4n) is 1.24. The lowest BCUT2D eigenvalue weighted by molar-refractivity contribution is -0.137. The molecule has 0 aliphatic carbocycles. The van der Waals surface area contributed by atoms with E-state index in [2.05, 4.69) is 10.3 Å². The Bertz CT molecular complexity index is 412. The summed E-state index contributed by atoms with van der Waals surface area (Å²) < 4.78 is 0. The first kappa shape index (κ1) is 13.9. The average molecular weight is 279 g/mol. The normalized spacial score (nSPS) is 12.2. The Hall–Kier alpha value is -1.20. The van der Waals surface area contributed by atoms with E-state index in [1.807, 2.05) is 0 Å². The Labute approximate surface area is 108 Å². The van der Waals surface area contributed by atoms with Gasteiger partial charge in [0.05, 0.1) is 5.02 Å². The molecule has 0 aromatic carbocycles. The van der Waals surface area contributed by atoms with E-state index in [-0.39, 0.29) is 34.2 Å². The van der Waals surface area contributed by atoms with Crippen LogP contribution in [-0.4, -0.2) is 28.0 Å². The van der Waals surface area contributed by atoms with Crippen LogP contribution in [0.4, 0.5) is 0 Å². The van der Waals surface area contributed by atoms with Crippen LogP contribution in [0.25, 0.3) is 0 Å². The standard InChI is InChI=1S/C10H12Cl2N2O3/c1-5(2-3-8(15)16)13-10(17)7-4-6(11)9(12)14-7/h4-5,14H,2-3H2,1H3,(H,13,17)(H,15,16). The summed E-state index contributed by atoms with van der Waals surface area (Å²) in [6.45, 7) is 1.73. The number of aliphatic carboxylic acids is 1. The highest BCUT2D eigenvalue weighted by Crippen LogP contribution is 2.21. The lowest BCUT2D eigenvalue weighted by atomic mass is 10.2. The second-order valence-electron chi connectivity index (χ2n) is 3.65. The molecule has 5 nitrogen and oxygen atoms in total. The highest BCUT2D eigenvalue weighted by Gasteiger charge is 2.14. The number of hydrogen-bond acceptors (Lipinski definition) is 2. The van der Waals surface area contributed by atoms with E-state index in [9.17, 15) is 9.59 Å². The van der Waals surface area contributed by atoms with Crippen LogP contribution in [0.2, 0.25) is 10.2 Å². The third kappa shape index (κ3) is 4.28. The molecule has 0 aliphatic rings. The second-order valence-corrected chi connectivity index (χ2v) is 4.44. The summed E-state index contributed by atoms with van der Waals surface area (Å²) >= 11 is 11.4. The fraction of sp³-hybridized carbons (Fsp3) is 0.400. The highest BCUT2D eigenvalue weighted by atomic mass is 35.5. The number of aromatic nitrogens is 1. The van der Waals surface area contributed by atoms with E-state index in [0.29, 0.717) is 6.42 Å². The van der Waals surface area contributed by atoms with Crippen molar-refractivity contribution in [3.8, 4) is 0 Å². The number of aromatic amines is 1. The number of amides is 1. The van der Waals surface area contributed by atoms with E-state index in [0.717, 1.165) is 0 Å². The molecule has 1 aromatic rings. The van der Waals surface area contributed by atoms with Crippen LogP contribution in [0.1, 0.15) is 30.3 Å². The number of rotatable bonds is 5. The Morgan fingerprint density at radius 2 is 2.18 bits per heavy atom. The molecule has 0 saturated heterocycles. The van der Waals surface area contributed by atoms with Gasteiger partial charge in [-0.25, -0.2) is 0 Å². The topological polar surface area (TPSA) is 82.2 Å². The van der Waals surface area contributed by atoms with Gasteiger partial charge in [0.25, 0.3) is 5.91 Å². The molecule has 0 bridgehead atoms. The van der Waals surface area contributed by atoms with Crippen molar-refractivity contribution in [3.05, 3.63) is 21.9 Å². The minimum absolute atomic E-state index is 0.00762. The summed E-state index contributed by atoms with van der Waals surface area (Å²) in [6.07, 6.45) is 0.372. The molecule has 1 unspecified atom stereocenters. The van der Waals surface area contributed by atoms with Gasteiger partial charge in [-0.05, 0) is 19.4 Å². The molecule has 0 spiro atoms. The number of carboxylic acids is 1. The number of nitrogens with one attached hydrogen (secondary N) is 2. The number of carboxylic acid groups (broad SMARTS) is 1. The predicted molar refractivity (Wildman–Crippen MR) is 64.6 cm³/mol. The van der Waals surface area contributed by atoms with Gasteiger partial charge in [-0.3, -0.25) is 9.59 Å². The van der Waals surface area contributed by atoms with Crippen molar-refractivity contribution in [3.63, 3.8) is 0 Å². The third-order valence-corrected chi connectivity index (χ3v) is 2.83. The number of halogens is 2. The Morgan fingerprint density at radius 1 is 1.53 bits per heavy atom. The smallest absolute Gasteiger partial charge is 0.303 e. The van der Waals surface area contributed by atoms with E-state index >= 15 is 0 Å². The lowest BCUT2D eigenvalue weighted by Crippen LogP contribution is -2.33. The second kappa shape index (κ2) is 5.93. The Kier molecular flexibility index (Phi) is 4.84. The molecule has 0 aliphatic heterocycles. The van der Waals surface area contributed by atoms with Crippen molar-refractivity contribution < 1.29 is 14.7 Å². The molecule has 0 radical (unpaired) electrons. The average Bonchev–Trinajstić information content (AvgIpc) is 2.56. The molecule has 7 heteroatoms. The van der Waals surface area contributed by atoms with Crippen LogP contribution >= 0.6 is 23.2 Å². The van der Waals surface area contributed by atoms with Gasteiger partial charge in [0.15, 0.2) is 0 Å². The van der Waals surface area contributed by atoms with Crippen molar-refractivity contribution >= 4 is 35.1 Å². The number of carbonyl (C=O) groups is 2. The van der Waals surface area contributed by atoms with Crippen LogP contribution in [0.15, 0.2) is 6.07 Å². The zero-order valence-electron chi connectivity index (χ0n) is 9.09. The van der Waals surface area contributed by atoms with E-state index < -0.39 is 5.97 Å². The summed E-state index contributed by atoms with van der Waals surface area (Å²) in [5.41, 5.74) is 0.252. The predicted octanol–water partition coefficient (Wildman–Crippen LogP) is 2.30. The molecule has 1 amide bonds. The number of H-pyrrole nitrogens is 1. The maximum absolute atomic E-state index is 11.7. The molecular formula is C10H12Cl2N2O3. The van der Waals surface area contributed by atoms with Crippen LogP contribution in [0.3, 0.4) is 0 Å². The van der Waals surface area contributed by atoms with E-state index in [1.54, 1.807) is 6.92 Å². The molecule has 1 heterocycles. The van der Waals surface area contributed by atoms with Crippen molar-refractivity contribution in [2.75, 3.05) is 0 Å². The quantitative estimate of drug-likeness (QED) is 0.773. The third-order valence-electron chi connectivity index (χ3n) is 2.14. The maximum Gasteiger partial charge on any atom is 0.303 e. The van der Waals surface area contributed by atoms with E-state index in [1.165, 1.54) is 6.07 Å². The van der Waals surface area contributed by atoms with Gasteiger partial charge >= 0.3 is 5.97 Å². The minimum Gasteiger partial charge on any atom is -0.481 e. The molecule has 0 saturated carbocycles. The number of carbonyl (C=O) groups excluding carboxylic acids is 1. The summed E-state index contributed by atoms with van der Waals surface area (Å²) in [5, 5.41) is 11.6. The zero-order chi connectivity index (χ0) is 13.0. The first-order chi connectivity index (χ1) is 7.90. The van der Waals surface area contributed by atoms with Crippen LogP contribution in [-0.2, 0) is 4.79 Å². The summed E-state index contributed by atoms with van der Waals surface area (Å²) in [6, 6.07) is 1.18. The Balaban J connectivity index is 2.51. The largest absolute Gasteiger partial charge is 0.481 e. The van der Waals surface area contributed by atoms with Gasteiger partial charge in [-0.15, -0.1) is 0 Å². The molecule has 1 aromatic heterocycles. The van der Waals surface area contributed by atoms with Crippen molar-refractivity contribution in [1.82, 2.24) is 10.3 Å². The van der Waals surface area contributed by atoms with Crippen molar-refractivity contribution in [2.45, 2.75) is 25.8 Å². The molecule has 94 valence electrons. The first-order valence-corrected chi connectivity index (χ1v) is 5.72. The van der Waals surface area contributed by atoms with Gasteiger partial charge in [0.2, 0.25) is 0 Å². The lowest BCUT2D eigenvalue weighted by Gasteiger charge is -2.11. The van der Waals surface area contributed by atoms with Crippen LogP contribution in [0, 0.1) is 0 Å². The monoisotopic (exact) mass is 278 g/mol. The molecule has 1 atom stereocenters. The van der Waals surface area contributed by atoms with Gasteiger partial charge in [-0.2, -0.15) is 0 Å². The Morgan fingerprint density at radius 3 is 2.65 bits per heavy atom. The van der Waals surface area contributed by atoms with Gasteiger partial charge in [0, 0.05) is 12.5 Å². The van der Waals surface area contributed by atoms with Crippen molar-refractivity contribution in [1.29, 1.82) is 0 Å². The molecule has 3 N–H and O–H groups in total. The van der Waals surface area contributed by atoms with Crippen LogP contribution in [0.5, 0.6) is 0 Å². The molecular weight excluding hydrogens is 267 g/mol. The molecule has 17 heavy (non-hydrogen) atoms. The molecule has 1 rings (SSSR count). The minimum atomic E-state index is -0.892. The summed E-state index contributed by atoms with van der Waals surface area (Å²) in [4.78, 5) is 24.6. The summed E-state index contributed by atoms with van der Waals surface area (Å²) in [5.74, 6) is -1.26. The SMILES string of the molecule is CC(CCC(=O)O)NC(=O)c1cc(Cl)c(Cl)[nH]1. The van der Waals surface area contributed by atoms with Crippen molar-refractivity contribution in [2.24, 2.45) is 0 Å². The zero-order valence-corrected chi connectivity index (χ0v) is 10.6. The first-order valence-electron chi connectivity index (χ1n) is 4.96. The van der Waals surface area contributed by atoms with Gasteiger partial charge in [-0.1, -0.05) is 23.2 Å². The highest BCUT2D eigenvalue weighted by molar-refractivity contribution is 6.41. The molecule has 0 fully saturated rings. The summed E-state index contributed by atoms with van der Waals surface area (Å²) in [7, 11) is 0. The number of hydrogen-bond donors (Lipinski definition) is 3. The van der Waals surface area contributed by atoms with Gasteiger partial charge in [0.1, 0.15) is 10.8 Å². The van der Waals surface area contributed by atoms with Crippen LogP contribution < -0.4 is 5.32 Å². The van der Waals surface area contributed by atoms with Gasteiger partial charge < -0.3 is 15.4 Å². The van der Waals surface area contributed by atoms with E-state index in [4.69, 9.17) is 28.3 Å². The fourth-order valence-corrected chi connectivity index (χ4v) is 1.55.